The van der Waals surface area contributed by atoms with Crippen molar-refractivity contribution in [3.63, 3.8) is 0 Å². The molecule has 7 rings (SSSR count). The third kappa shape index (κ3) is 2.87. The molecule has 6 aromatic carbocycles. The van der Waals surface area contributed by atoms with Crippen LogP contribution >= 0.6 is 0 Å². The Morgan fingerprint density at radius 2 is 0.857 bits per heavy atom. The van der Waals surface area contributed by atoms with Crippen molar-refractivity contribution in [1.82, 2.24) is 4.57 Å². The van der Waals surface area contributed by atoms with Crippen LogP contribution in [-0.2, 0) is 0 Å². The van der Waals surface area contributed by atoms with Gasteiger partial charge in [0.1, 0.15) is 0 Å². The van der Waals surface area contributed by atoms with Gasteiger partial charge in [0.2, 0.25) is 0 Å². The van der Waals surface area contributed by atoms with E-state index in [2.05, 4.69) is 84.9 Å². The lowest BCUT2D eigenvalue weighted by Gasteiger charge is -2.20. The molecule has 0 saturated heterocycles. The zero-order valence-corrected chi connectivity index (χ0v) is 19.0. The Morgan fingerprint density at radius 3 is 1.49 bits per heavy atom. The molecule has 1 heterocycles. The highest BCUT2D eigenvalue weighted by Gasteiger charge is 2.19. The first-order chi connectivity index (χ1) is 17.3. The zero-order chi connectivity index (χ0) is 23.4. The highest BCUT2D eigenvalue weighted by atomic mass is 16.1. The van der Waals surface area contributed by atoms with Crippen LogP contribution in [-0.4, -0.2) is 4.57 Å². The summed E-state index contributed by atoms with van der Waals surface area (Å²) in [6, 6.07) is 43.5. The fourth-order valence-electron chi connectivity index (χ4n) is 5.51. The van der Waals surface area contributed by atoms with E-state index >= 15 is 0 Å². The molecule has 0 aliphatic carbocycles. The Kier molecular flexibility index (Phi) is 4.33. The summed E-state index contributed by atoms with van der Waals surface area (Å²) >= 11 is 0. The molecule has 0 radical (unpaired) electrons. The number of rotatable bonds is 2. The van der Waals surface area contributed by atoms with E-state index in [4.69, 9.17) is 0 Å². The molecule has 0 fully saturated rings. The lowest BCUT2D eigenvalue weighted by molar-refractivity contribution is 1.08. The second-order valence-electron chi connectivity index (χ2n) is 8.88. The molecule has 2 heteroatoms. The number of fused-ring (bicyclic) bond motifs is 5. The molecule has 0 saturated carbocycles. The van der Waals surface area contributed by atoms with E-state index in [0.717, 1.165) is 48.9 Å². The van der Waals surface area contributed by atoms with Crippen molar-refractivity contribution in [3.05, 3.63) is 138 Å². The molecule has 0 amide bonds. The highest BCUT2D eigenvalue weighted by molar-refractivity contribution is 6.19. The van der Waals surface area contributed by atoms with Crippen LogP contribution in [0, 0.1) is 0 Å². The number of hydrogen-bond acceptors (Lipinski definition) is 1. The maximum absolute atomic E-state index is 14.1. The van der Waals surface area contributed by atoms with Gasteiger partial charge in [0.25, 0.3) is 5.56 Å². The smallest absolute Gasteiger partial charge is 0.263 e. The topological polar surface area (TPSA) is 22.0 Å². The summed E-state index contributed by atoms with van der Waals surface area (Å²) in [4.78, 5) is 14.1. The van der Waals surface area contributed by atoms with Gasteiger partial charge in [0.05, 0.1) is 11.2 Å². The molecule has 0 aliphatic heterocycles. The quantitative estimate of drug-likeness (QED) is 0.194. The van der Waals surface area contributed by atoms with E-state index in [9.17, 15) is 4.79 Å². The fourth-order valence-corrected chi connectivity index (χ4v) is 5.51. The first kappa shape index (κ1) is 19.7. The van der Waals surface area contributed by atoms with Gasteiger partial charge in [-0.3, -0.25) is 9.36 Å². The fraction of sp³-hybridized carbons (Fsp3) is 0. The van der Waals surface area contributed by atoms with E-state index in [1.54, 1.807) is 0 Å². The second-order valence-corrected chi connectivity index (χ2v) is 8.88. The third-order valence-electron chi connectivity index (χ3n) is 6.98. The molecular weight excluding hydrogens is 426 g/mol. The Bertz CT molecular complexity index is 1910. The van der Waals surface area contributed by atoms with Gasteiger partial charge in [-0.2, -0.15) is 0 Å². The molecule has 164 valence electrons. The molecule has 0 bridgehead atoms. The van der Waals surface area contributed by atoms with Crippen molar-refractivity contribution < 1.29 is 0 Å². The largest absolute Gasteiger partial charge is 0.275 e. The monoisotopic (exact) mass is 447 g/mol. The average Bonchev–Trinajstić information content (AvgIpc) is 2.93. The summed E-state index contributed by atoms with van der Waals surface area (Å²) in [5.41, 5.74) is 4.21. The van der Waals surface area contributed by atoms with Crippen molar-refractivity contribution in [1.29, 1.82) is 0 Å². The first-order valence-corrected chi connectivity index (χ1v) is 11.8. The van der Waals surface area contributed by atoms with Gasteiger partial charge >= 0.3 is 0 Å². The normalized spacial score (nSPS) is 11.5. The van der Waals surface area contributed by atoms with Crippen LogP contribution in [0.2, 0.25) is 0 Å². The van der Waals surface area contributed by atoms with Gasteiger partial charge in [-0.15, -0.1) is 0 Å². The van der Waals surface area contributed by atoms with Crippen LogP contribution in [0.25, 0.3) is 60.0 Å². The summed E-state index contributed by atoms with van der Waals surface area (Å²) in [6.07, 6.45) is 0. The summed E-state index contributed by atoms with van der Waals surface area (Å²) in [6.45, 7) is 0. The van der Waals surface area contributed by atoms with Crippen LogP contribution in [0.3, 0.4) is 0 Å². The minimum absolute atomic E-state index is 0.00191. The van der Waals surface area contributed by atoms with Gasteiger partial charge in [-0.25, -0.2) is 0 Å². The molecule has 7 aromatic rings. The number of para-hydroxylation sites is 1. The highest BCUT2D eigenvalue weighted by Crippen LogP contribution is 2.41. The van der Waals surface area contributed by atoms with E-state index in [-0.39, 0.29) is 5.56 Å². The summed E-state index contributed by atoms with van der Waals surface area (Å²) in [5, 5.41) is 7.18. The number of pyridine rings is 1. The minimum atomic E-state index is 0.00191. The van der Waals surface area contributed by atoms with Crippen LogP contribution < -0.4 is 5.56 Å². The molecule has 1 aromatic heterocycles. The lowest BCUT2D eigenvalue weighted by Crippen LogP contribution is -2.20. The maximum Gasteiger partial charge on any atom is 0.263 e. The molecule has 2 nitrogen and oxygen atoms in total. The first-order valence-electron chi connectivity index (χ1n) is 11.8. The van der Waals surface area contributed by atoms with Gasteiger partial charge in [-0.1, -0.05) is 115 Å². The standard InChI is InChI=1S/C33H21NO/c35-33-29-20-9-4-14-23(29)24-15-10-11-21-30(24)34(33)32-27-18-7-5-16-25(27)31(22-12-2-1-3-13-22)26-17-6-8-19-28(26)32/h1-21H. The van der Waals surface area contributed by atoms with Crippen LogP contribution in [0.5, 0.6) is 0 Å². The van der Waals surface area contributed by atoms with E-state index in [0.29, 0.717) is 0 Å². The molecule has 0 atom stereocenters. The van der Waals surface area contributed by atoms with Crippen LogP contribution in [0.1, 0.15) is 0 Å². The summed E-state index contributed by atoms with van der Waals surface area (Å²) in [5.74, 6) is 0. The second kappa shape index (κ2) is 7.68. The SMILES string of the molecule is O=c1c2ccccc2c2ccccc2n1-c1c2ccccc2c(-c2ccccc2)c2ccccc12. The molecule has 0 unspecified atom stereocenters. The van der Waals surface area contributed by atoms with Crippen molar-refractivity contribution in [3.8, 4) is 16.8 Å². The van der Waals surface area contributed by atoms with Gasteiger partial charge in [0, 0.05) is 21.5 Å². The Morgan fingerprint density at radius 1 is 0.400 bits per heavy atom. The predicted molar refractivity (Wildman–Crippen MR) is 147 cm³/mol. The number of aromatic nitrogens is 1. The van der Waals surface area contributed by atoms with Crippen molar-refractivity contribution >= 4 is 43.2 Å². The molecule has 0 aliphatic rings. The van der Waals surface area contributed by atoms with E-state index < -0.39 is 0 Å². The van der Waals surface area contributed by atoms with Gasteiger partial charge < -0.3 is 0 Å². The van der Waals surface area contributed by atoms with Gasteiger partial charge in [0.15, 0.2) is 0 Å². The summed E-state index contributed by atoms with van der Waals surface area (Å²) < 4.78 is 1.93. The van der Waals surface area contributed by atoms with Crippen LogP contribution in [0.4, 0.5) is 0 Å². The minimum Gasteiger partial charge on any atom is -0.275 e. The third-order valence-corrected chi connectivity index (χ3v) is 6.98. The van der Waals surface area contributed by atoms with E-state index in [1.165, 1.54) is 11.1 Å². The Hall–Kier alpha value is -4.69. The lowest BCUT2D eigenvalue weighted by atomic mass is 9.90. The number of hydrogen-bond donors (Lipinski definition) is 0. The average molecular weight is 448 g/mol. The van der Waals surface area contributed by atoms with E-state index in [1.807, 2.05) is 47.0 Å². The molecule has 0 spiro atoms. The van der Waals surface area contributed by atoms with Crippen molar-refractivity contribution in [2.45, 2.75) is 0 Å². The Labute approximate surface area is 202 Å². The Balaban J connectivity index is 1.76. The summed E-state index contributed by atoms with van der Waals surface area (Å²) in [7, 11) is 0. The van der Waals surface area contributed by atoms with Crippen LogP contribution in [0.15, 0.2) is 132 Å². The molecular formula is C33H21NO. The molecule has 0 N–H and O–H groups in total. The maximum atomic E-state index is 14.1. The number of benzene rings is 6. The van der Waals surface area contributed by atoms with Gasteiger partial charge in [-0.05, 0) is 39.4 Å². The zero-order valence-electron chi connectivity index (χ0n) is 19.0. The predicted octanol–water partition coefficient (Wildman–Crippen LogP) is 8.12. The van der Waals surface area contributed by atoms with Crippen molar-refractivity contribution in [2.75, 3.05) is 0 Å². The number of nitrogens with zero attached hydrogens (tertiary/aromatic N) is 1. The van der Waals surface area contributed by atoms with Crippen molar-refractivity contribution in [2.24, 2.45) is 0 Å². The molecule has 35 heavy (non-hydrogen) atoms.